The van der Waals surface area contributed by atoms with Gasteiger partial charge in [-0.2, -0.15) is 5.90 Å². The first-order valence-corrected chi connectivity index (χ1v) is 8.28. The molecule has 136 valence electrons. The maximum absolute atomic E-state index is 12.5. The average Bonchev–Trinajstić information content (AvgIpc) is 2.64. The molecule has 2 aromatic carbocycles. The molecule has 0 amide bonds. The van der Waals surface area contributed by atoms with Crippen molar-refractivity contribution in [3.05, 3.63) is 71.3 Å². The number of carboxylic acids is 1. The van der Waals surface area contributed by atoms with Crippen LogP contribution in [0.15, 0.2) is 54.6 Å². The van der Waals surface area contributed by atoms with E-state index in [9.17, 15) is 19.5 Å². The van der Waals surface area contributed by atoms with Crippen molar-refractivity contribution >= 4 is 17.7 Å². The summed E-state index contributed by atoms with van der Waals surface area (Å²) in [5, 5.41) is 9.70. The molecule has 0 saturated carbocycles. The molecule has 0 spiro atoms. The summed E-state index contributed by atoms with van der Waals surface area (Å²) in [4.78, 5) is 40.9. The molecule has 0 radical (unpaired) electrons. The van der Waals surface area contributed by atoms with Crippen LogP contribution in [0.5, 0.6) is 0 Å². The van der Waals surface area contributed by atoms with Crippen molar-refractivity contribution in [3.63, 3.8) is 0 Å². The molecular weight excluding hydrogens is 334 g/mol. The number of hydrogen-bond donors (Lipinski definition) is 2. The molecule has 6 heteroatoms. The Morgan fingerprint density at radius 2 is 1.58 bits per heavy atom. The number of ketones is 1. The Bertz CT molecular complexity index is 786. The van der Waals surface area contributed by atoms with Gasteiger partial charge in [0, 0.05) is 6.42 Å². The van der Waals surface area contributed by atoms with Gasteiger partial charge in [-0.05, 0) is 29.5 Å². The van der Waals surface area contributed by atoms with Crippen LogP contribution in [0.4, 0.5) is 0 Å². The van der Waals surface area contributed by atoms with E-state index in [0.717, 1.165) is 11.1 Å². The topological polar surface area (TPSA) is 107 Å². The van der Waals surface area contributed by atoms with E-state index in [-0.39, 0.29) is 12.0 Å². The Balaban J connectivity index is 2.43. The van der Waals surface area contributed by atoms with E-state index in [1.165, 1.54) is 12.1 Å². The van der Waals surface area contributed by atoms with E-state index in [0.29, 0.717) is 12.8 Å². The minimum atomic E-state index is -2.45. The smallest absolute Gasteiger partial charge is 0.354 e. The summed E-state index contributed by atoms with van der Waals surface area (Å²) in [5.74, 6) is 1.30. The lowest BCUT2D eigenvalue weighted by Gasteiger charge is -2.25. The first-order valence-electron chi connectivity index (χ1n) is 8.28. The number of aliphatic carboxylic acids is 1. The fourth-order valence-corrected chi connectivity index (χ4v) is 2.93. The predicted octanol–water partition coefficient (Wildman–Crippen LogP) is 2.39. The maximum atomic E-state index is 12.5. The van der Waals surface area contributed by atoms with Gasteiger partial charge in [-0.1, -0.05) is 61.5 Å². The Morgan fingerprint density at radius 3 is 2.08 bits per heavy atom. The van der Waals surface area contributed by atoms with E-state index in [4.69, 9.17) is 5.90 Å². The van der Waals surface area contributed by atoms with Crippen molar-refractivity contribution in [1.82, 2.24) is 0 Å². The van der Waals surface area contributed by atoms with Crippen LogP contribution in [0, 0.1) is 0 Å². The van der Waals surface area contributed by atoms with Gasteiger partial charge in [0.25, 0.3) is 0 Å². The predicted molar refractivity (Wildman–Crippen MR) is 95.2 cm³/mol. The van der Waals surface area contributed by atoms with Gasteiger partial charge in [0.2, 0.25) is 5.41 Å². The molecule has 2 aromatic rings. The molecule has 2 rings (SSSR count). The molecule has 0 heterocycles. The number of rotatable bonds is 8. The van der Waals surface area contributed by atoms with E-state index in [1.54, 1.807) is 19.1 Å². The molecule has 1 unspecified atom stereocenters. The second kappa shape index (κ2) is 8.40. The van der Waals surface area contributed by atoms with Crippen LogP contribution in [0.1, 0.15) is 36.5 Å². The largest absolute Gasteiger partial charge is 0.480 e. The summed E-state index contributed by atoms with van der Waals surface area (Å²) in [7, 11) is 0. The van der Waals surface area contributed by atoms with Crippen LogP contribution in [-0.2, 0) is 31.1 Å². The Hall–Kier alpha value is -2.99. The van der Waals surface area contributed by atoms with Gasteiger partial charge in [-0.3, -0.25) is 9.59 Å². The first kappa shape index (κ1) is 19.3. The van der Waals surface area contributed by atoms with Crippen molar-refractivity contribution < 1.29 is 24.3 Å². The van der Waals surface area contributed by atoms with Gasteiger partial charge in [-0.15, -0.1) is 0 Å². The summed E-state index contributed by atoms with van der Waals surface area (Å²) < 4.78 is 0. The highest BCUT2D eigenvalue weighted by atomic mass is 16.7. The van der Waals surface area contributed by atoms with E-state index < -0.39 is 23.1 Å². The summed E-state index contributed by atoms with van der Waals surface area (Å²) in [6, 6.07) is 16.1. The summed E-state index contributed by atoms with van der Waals surface area (Å²) in [6.45, 7) is 1.72. The van der Waals surface area contributed by atoms with Crippen LogP contribution in [0.2, 0.25) is 0 Å². The second-order valence-corrected chi connectivity index (χ2v) is 5.99. The minimum Gasteiger partial charge on any atom is -0.480 e. The Kier molecular flexibility index (Phi) is 6.25. The van der Waals surface area contributed by atoms with Crippen molar-refractivity contribution in [1.29, 1.82) is 0 Å². The van der Waals surface area contributed by atoms with Gasteiger partial charge < -0.3 is 9.94 Å². The lowest BCUT2D eigenvalue weighted by atomic mass is 9.75. The molecule has 0 bridgehead atoms. The monoisotopic (exact) mass is 355 g/mol. The number of carbonyl (C=O) groups is 3. The zero-order chi connectivity index (χ0) is 19.2. The molecule has 1 atom stereocenters. The summed E-state index contributed by atoms with van der Waals surface area (Å²) in [5.41, 5.74) is -0.400. The molecule has 0 aliphatic rings. The van der Waals surface area contributed by atoms with E-state index in [1.807, 2.05) is 30.3 Å². The third-order valence-corrected chi connectivity index (χ3v) is 4.27. The minimum absolute atomic E-state index is 0.0377. The van der Waals surface area contributed by atoms with Gasteiger partial charge >= 0.3 is 11.9 Å². The zero-order valence-electron chi connectivity index (χ0n) is 14.5. The van der Waals surface area contributed by atoms with E-state index in [2.05, 4.69) is 4.84 Å². The standard InChI is InChI=1S/C20H21NO5/c1-2-6-17(22)20(18(23)24,19(25)26-21)16-11-9-15(10-12-16)13-14-7-4-3-5-8-14/h3-5,7-12H,2,6,13,21H2,1H3,(H,23,24). The third kappa shape index (κ3) is 3.65. The van der Waals surface area contributed by atoms with Crippen LogP contribution in [0.25, 0.3) is 0 Å². The van der Waals surface area contributed by atoms with Crippen LogP contribution < -0.4 is 5.90 Å². The van der Waals surface area contributed by atoms with Gasteiger partial charge in [-0.25, -0.2) is 4.79 Å². The molecule has 26 heavy (non-hydrogen) atoms. The highest BCUT2D eigenvalue weighted by molar-refractivity contribution is 6.25. The lowest BCUT2D eigenvalue weighted by molar-refractivity contribution is -0.165. The van der Waals surface area contributed by atoms with Crippen LogP contribution in [-0.4, -0.2) is 22.8 Å². The number of carbonyl (C=O) groups excluding carboxylic acids is 2. The van der Waals surface area contributed by atoms with E-state index >= 15 is 0 Å². The summed E-state index contributed by atoms with van der Waals surface area (Å²) in [6.07, 6.45) is 0.969. The lowest BCUT2D eigenvalue weighted by Crippen LogP contribution is -2.52. The van der Waals surface area contributed by atoms with Gasteiger partial charge in [0.15, 0.2) is 5.78 Å². The van der Waals surface area contributed by atoms with Crippen LogP contribution in [0.3, 0.4) is 0 Å². The molecule has 6 nitrogen and oxygen atoms in total. The average molecular weight is 355 g/mol. The third-order valence-electron chi connectivity index (χ3n) is 4.27. The fraction of sp³-hybridized carbons (Fsp3) is 0.250. The Morgan fingerprint density at radius 1 is 1.00 bits per heavy atom. The molecule has 0 aliphatic carbocycles. The van der Waals surface area contributed by atoms with Crippen molar-refractivity contribution in [2.24, 2.45) is 5.90 Å². The second-order valence-electron chi connectivity index (χ2n) is 5.99. The highest BCUT2D eigenvalue weighted by Gasteiger charge is 2.55. The van der Waals surface area contributed by atoms with Gasteiger partial charge in [0.05, 0.1) is 0 Å². The normalized spacial score (nSPS) is 12.8. The number of Topliss-reactive ketones (excluding diaryl/α,β-unsaturated/α-hetero) is 1. The molecule has 0 saturated heterocycles. The quantitative estimate of drug-likeness (QED) is 0.556. The number of nitrogens with two attached hydrogens (primary N) is 1. The van der Waals surface area contributed by atoms with Crippen molar-refractivity contribution in [2.45, 2.75) is 31.6 Å². The summed E-state index contributed by atoms with van der Waals surface area (Å²) >= 11 is 0. The van der Waals surface area contributed by atoms with Crippen molar-refractivity contribution in [3.8, 4) is 0 Å². The zero-order valence-corrected chi connectivity index (χ0v) is 14.5. The Labute approximate surface area is 151 Å². The maximum Gasteiger partial charge on any atom is 0.354 e. The molecule has 0 aromatic heterocycles. The number of benzene rings is 2. The van der Waals surface area contributed by atoms with Crippen molar-refractivity contribution in [2.75, 3.05) is 0 Å². The molecular formula is C20H21NO5. The molecule has 0 fully saturated rings. The van der Waals surface area contributed by atoms with Crippen LogP contribution >= 0.6 is 0 Å². The highest BCUT2D eigenvalue weighted by Crippen LogP contribution is 2.30. The fourth-order valence-electron chi connectivity index (χ4n) is 2.93. The number of hydrogen-bond acceptors (Lipinski definition) is 5. The number of carboxylic acid groups (broad SMARTS) is 1. The molecule has 0 aliphatic heterocycles. The SMILES string of the molecule is CCCC(=O)C(C(=O)O)(C(=O)ON)c1ccc(Cc2ccccc2)cc1. The molecule has 3 N–H and O–H groups in total. The first-order chi connectivity index (χ1) is 12.5. The van der Waals surface area contributed by atoms with Gasteiger partial charge in [0.1, 0.15) is 0 Å².